The van der Waals surface area contributed by atoms with Crippen LogP contribution >= 0.6 is 0 Å². The van der Waals surface area contributed by atoms with Crippen molar-refractivity contribution in [2.24, 2.45) is 0 Å². The molecule has 0 amide bonds. The summed E-state index contributed by atoms with van der Waals surface area (Å²) < 4.78 is 17.7. The predicted octanol–water partition coefficient (Wildman–Crippen LogP) is 1.76. The van der Waals surface area contributed by atoms with Gasteiger partial charge in [0.2, 0.25) is 0 Å². The number of carbonyl (C=O) groups is 1. The Balaban J connectivity index is 2.48. The summed E-state index contributed by atoms with van der Waals surface area (Å²) in [4.78, 5) is 21.4. The Morgan fingerprint density at radius 1 is 1.50 bits per heavy atom. The minimum atomic E-state index is -0.726. The van der Waals surface area contributed by atoms with Gasteiger partial charge in [-0.25, -0.2) is 4.39 Å². The number of hydrogen-bond acceptors (Lipinski definition) is 4. The topological polar surface area (TPSA) is 69.4 Å². The second-order valence-electron chi connectivity index (χ2n) is 3.47. The highest BCUT2D eigenvalue weighted by Crippen LogP contribution is 2.33. The average molecular weight is 225 g/mol. The number of hydrogen-bond donors (Lipinski definition) is 0. The van der Waals surface area contributed by atoms with Gasteiger partial charge in [-0.05, 0) is 18.6 Å². The van der Waals surface area contributed by atoms with Gasteiger partial charge in [0, 0.05) is 11.6 Å². The van der Waals surface area contributed by atoms with Crippen molar-refractivity contribution in [3.8, 4) is 0 Å². The second kappa shape index (κ2) is 3.88. The number of rotatable bonds is 2. The lowest BCUT2D eigenvalue weighted by Crippen LogP contribution is -2.08. The smallest absolute Gasteiger partial charge is 0.313 e. The Hall–Kier alpha value is -1.98. The van der Waals surface area contributed by atoms with Crippen LogP contribution in [0.5, 0.6) is 0 Å². The second-order valence-corrected chi connectivity index (χ2v) is 3.47. The van der Waals surface area contributed by atoms with Crippen molar-refractivity contribution in [2.45, 2.75) is 12.3 Å². The lowest BCUT2D eigenvalue weighted by atomic mass is 9.96. The zero-order valence-electron chi connectivity index (χ0n) is 8.18. The molecule has 1 saturated heterocycles. The van der Waals surface area contributed by atoms with E-state index in [4.69, 9.17) is 4.74 Å². The quantitative estimate of drug-likeness (QED) is 0.437. The van der Waals surface area contributed by atoms with Crippen molar-refractivity contribution < 1.29 is 18.8 Å². The molecular formula is C10H8FNO4. The van der Waals surface area contributed by atoms with E-state index in [9.17, 15) is 19.3 Å². The molecule has 2 rings (SSSR count). The van der Waals surface area contributed by atoms with Gasteiger partial charge >= 0.3 is 5.97 Å². The summed E-state index contributed by atoms with van der Waals surface area (Å²) in [6.45, 7) is 0.219. The van der Waals surface area contributed by atoms with Gasteiger partial charge < -0.3 is 4.74 Å². The highest BCUT2D eigenvalue weighted by atomic mass is 19.1. The SMILES string of the molecule is O=C1OCCC1c1cc(F)ccc1[N+](=O)[O-]. The van der Waals surface area contributed by atoms with Crippen molar-refractivity contribution in [2.75, 3.05) is 6.61 Å². The largest absolute Gasteiger partial charge is 0.465 e. The number of nitrogens with zero attached hydrogens (tertiary/aromatic N) is 1. The van der Waals surface area contributed by atoms with E-state index in [1.54, 1.807) is 0 Å². The van der Waals surface area contributed by atoms with Crippen molar-refractivity contribution in [3.05, 3.63) is 39.7 Å². The molecule has 1 fully saturated rings. The highest BCUT2D eigenvalue weighted by Gasteiger charge is 2.33. The summed E-state index contributed by atoms with van der Waals surface area (Å²) in [6.07, 6.45) is 0.350. The molecule has 0 radical (unpaired) electrons. The van der Waals surface area contributed by atoms with Crippen LogP contribution < -0.4 is 0 Å². The van der Waals surface area contributed by atoms with E-state index in [1.165, 1.54) is 0 Å². The Labute approximate surface area is 90.0 Å². The summed E-state index contributed by atoms with van der Waals surface area (Å²) in [7, 11) is 0. The molecule has 84 valence electrons. The third-order valence-corrected chi connectivity index (χ3v) is 2.50. The maximum absolute atomic E-state index is 13.0. The van der Waals surface area contributed by atoms with E-state index >= 15 is 0 Å². The molecule has 1 atom stereocenters. The van der Waals surface area contributed by atoms with Crippen LogP contribution in [0.4, 0.5) is 10.1 Å². The number of esters is 1. The van der Waals surface area contributed by atoms with E-state index in [-0.39, 0.29) is 17.9 Å². The summed E-state index contributed by atoms with van der Waals surface area (Å²) >= 11 is 0. The van der Waals surface area contributed by atoms with E-state index < -0.39 is 22.6 Å². The number of benzene rings is 1. The average Bonchev–Trinajstić information content (AvgIpc) is 2.63. The number of cyclic esters (lactones) is 1. The van der Waals surface area contributed by atoms with Gasteiger partial charge in [-0.15, -0.1) is 0 Å². The minimum absolute atomic E-state index is 0.0903. The molecule has 1 aliphatic heterocycles. The third kappa shape index (κ3) is 1.73. The molecule has 1 aliphatic rings. The molecule has 0 bridgehead atoms. The van der Waals surface area contributed by atoms with Crippen molar-refractivity contribution in [1.29, 1.82) is 0 Å². The molecule has 0 spiro atoms. The van der Waals surface area contributed by atoms with Crippen LogP contribution in [0.2, 0.25) is 0 Å². The van der Waals surface area contributed by atoms with Gasteiger partial charge in [-0.3, -0.25) is 14.9 Å². The Kier molecular flexibility index (Phi) is 2.55. The fraction of sp³-hybridized carbons (Fsp3) is 0.300. The van der Waals surface area contributed by atoms with E-state index in [0.717, 1.165) is 18.2 Å². The molecule has 1 aromatic rings. The van der Waals surface area contributed by atoms with Crippen molar-refractivity contribution in [1.82, 2.24) is 0 Å². The lowest BCUT2D eigenvalue weighted by molar-refractivity contribution is -0.385. The summed E-state index contributed by atoms with van der Waals surface area (Å²) in [5.74, 6) is -1.86. The van der Waals surface area contributed by atoms with Crippen LogP contribution in [0.15, 0.2) is 18.2 Å². The fourth-order valence-corrected chi connectivity index (χ4v) is 1.75. The first kappa shape index (κ1) is 10.5. The van der Waals surface area contributed by atoms with Crippen LogP contribution in [0.25, 0.3) is 0 Å². The van der Waals surface area contributed by atoms with E-state index in [0.29, 0.717) is 6.42 Å². The molecule has 1 unspecified atom stereocenters. The van der Waals surface area contributed by atoms with Crippen LogP contribution in [0, 0.1) is 15.9 Å². The van der Waals surface area contributed by atoms with Crippen LogP contribution in [-0.2, 0) is 9.53 Å². The van der Waals surface area contributed by atoms with E-state index in [2.05, 4.69) is 0 Å². The van der Waals surface area contributed by atoms with Gasteiger partial charge in [0.1, 0.15) is 5.82 Å². The molecule has 0 aromatic heterocycles. The fourth-order valence-electron chi connectivity index (χ4n) is 1.75. The first-order valence-corrected chi connectivity index (χ1v) is 4.70. The summed E-state index contributed by atoms with van der Waals surface area (Å²) in [6, 6.07) is 3.09. The molecule has 1 heterocycles. The Morgan fingerprint density at radius 2 is 2.25 bits per heavy atom. The van der Waals surface area contributed by atoms with E-state index in [1.807, 2.05) is 0 Å². The van der Waals surface area contributed by atoms with Gasteiger partial charge in [0.25, 0.3) is 5.69 Å². The number of ether oxygens (including phenoxy) is 1. The molecule has 0 saturated carbocycles. The monoisotopic (exact) mass is 225 g/mol. The lowest BCUT2D eigenvalue weighted by Gasteiger charge is -2.06. The zero-order chi connectivity index (χ0) is 11.7. The van der Waals surface area contributed by atoms with Crippen LogP contribution in [-0.4, -0.2) is 17.5 Å². The number of nitro benzene ring substituents is 1. The molecule has 6 heteroatoms. The Bertz CT molecular complexity index is 460. The van der Waals surface area contributed by atoms with Gasteiger partial charge in [0.15, 0.2) is 0 Å². The van der Waals surface area contributed by atoms with Gasteiger partial charge in [0.05, 0.1) is 17.4 Å². The molecule has 1 aromatic carbocycles. The van der Waals surface area contributed by atoms with Gasteiger partial charge in [-0.2, -0.15) is 0 Å². The summed E-state index contributed by atoms with van der Waals surface area (Å²) in [5, 5.41) is 10.7. The predicted molar refractivity (Wildman–Crippen MR) is 51.4 cm³/mol. The molecule has 0 aliphatic carbocycles. The maximum Gasteiger partial charge on any atom is 0.313 e. The first-order chi connectivity index (χ1) is 7.59. The maximum atomic E-state index is 13.0. The van der Waals surface area contributed by atoms with Crippen molar-refractivity contribution in [3.63, 3.8) is 0 Å². The summed E-state index contributed by atoms with van der Waals surface area (Å²) in [5.41, 5.74) is -0.155. The molecular weight excluding hydrogens is 217 g/mol. The Morgan fingerprint density at radius 3 is 2.81 bits per heavy atom. The normalized spacial score (nSPS) is 19.6. The zero-order valence-corrected chi connectivity index (χ0v) is 8.18. The molecule has 16 heavy (non-hydrogen) atoms. The van der Waals surface area contributed by atoms with Crippen LogP contribution in [0.1, 0.15) is 17.9 Å². The molecule has 5 nitrogen and oxygen atoms in total. The van der Waals surface area contributed by atoms with Crippen molar-refractivity contribution >= 4 is 11.7 Å². The molecule has 0 N–H and O–H groups in total. The van der Waals surface area contributed by atoms with Crippen LogP contribution in [0.3, 0.4) is 0 Å². The van der Waals surface area contributed by atoms with Gasteiger partial charge in [-0.1, -0.05) is 0 Å². The number of halogens is 1. The standard InChI is InChI=1S/C10H8FNO4/c11-6-1-2-9(12(14)15)8(5-6)7-3-4-16-10(7)13/h1-2,5,7H,3-4H2. The first-order valence-electron chi connectivity index (χ1n) is 4.70. The third-order valence-electron chi connectivity index (χ3n) is 2.50. The number of carbonyl (C=O) groups excluding carboxylic acids is 1. The number of nitro groups is 1. The highest BCUT2D eigenvalue weighted by molar-refractivity contribution is 5.81. The minimum Gasteiger partial charge on any atom is -0.465 e.